The molecule has 37 heavy (non-hydrogen) atoms. The largest absolute Gasteiger partial charge is 1.00 e. The van der Waals surface area contributed by atoms with Crippen LogP contribution < -0.4 is 18.9 Å². The molecule has 2 aromatic rings. The van der Waals surface area contributed by atoms with Gasteiger partial charge in [0.25, 0.3) is 0 Å². The number of methoxy groups -OCH3 is 1. The summed E-state index contributed by atoms with van der Waals surface area (Å²) in [6.45, 7) is 0. The van der Waals surface area contributed by atoms with Crippen molar-refractivity contribution in [2.75, 3.05) is 18.6 Å². The zero-order valence-corrected chi connectivity index (χ0v) is 25.0. The molecule has 9 nitrogen and oxygen atoms in total. The van der Waals surface area contributed by atoms with Crippen LogP contribution >= 0.6 is 31.9 Å². The number of hydrogen-bond acceptors (Lipinski definition) is 8. The SMILES string of the molecule is COC(=O)C1(CS(=O)(=O)c2ccccc2Br)CC1.O=C(O)C1(CS(=O)(=O)c2ccccc2Br)CC1.[Li+].[OH-]. The van der Waals surface area contributed by atoms with Gasteiger partial charge in [0, 0.05) is 8.95 Å². The first kappa shape index (κ1) is 33.8. The van der Waals surface area contributed by atoms with Crippen LogP contribution in [0.15, 0.2) is 67.3 Å². The van der Waals surface area contributed by atoms with E-state index in [1.807, 2.05) is 0 Å². The van der Waals surface area contributed by atoms with E-state index in [0.29, 0.717) is 34.6 Å². The van der Waals surface area contributed by atoms with Crippen LogP contribution in [-0.4, -0.2) is 58.0 Å². The van der Waals surface area contributed by atoms with Crippen molar-refractivity contribution in [3.8, 4) is 0 Å². The first-order valence-corrected chi connectivity index (χ1v) is 15.4. The van der Waals surface area contributed by atoms with E-state index in [1.165, 1.54) is 19.2 Å². The summed E-state index contributed by atoms with van der Waals surface area (Å²) in [7, 11) is -5.76. The third-order valence-electron chi connectivity index (χ3n) is 6.06. The maximum absolute atomic E-state index is 12.3. The Morgan fingerprint density at radius 2 is 1.16 bits per heavy atom. The van der Waals surface area contributed by atoms with E-state index in [-0.39, 0.29) is 45.6 Å². The van der Waals surface area contributed by atoms with Crippen molar-refractivity contribution in [1.82, 2.24) is 0 Å². The minimum atomic E-state index is -3.56. The van der Waals surface area contributed by atoms with E-state index in [1.54, 1.807) is 36.4 Å². The summed E-state index contributed by atoms with van der Waals surface area (Å²) in [5, 5.41) is 9.01. The molecule has 0 saturated heterocycles. The van der Waals surface area contributed by atoms with Crippen molar-refractivity contribution in [3.05, 3.63) is 57.5 Å². The Bertz CT molecular complexity index is 1350. The van der Waals surface area contributed by atoms with Gasteiger partial charge in [-0.25, -0.2) is 16.8 Å². The Balaban J connectivity index is 0.000000351. The van der Waals surface area contributed by atoms with E-state index in [9.17, 15) is 26.4 Å². The van der Waals surface area contributed by atoms with Gasteiger partial charge in [0.2, 0.25) is 0 Å². The van der Waals surface area contributed by atoms with Gasteiger partial charge >= 0.3 is 30.8 Å². The smallest absolute Gasteiger partial charge is 0.870 e. The second-order valence-corrected chi connectivity index (χ2v) is 14.4. The van der Waals surface area contributed by atoms with Gasteiger partial charge in [-0.1, -0.05) is 24.3 Å². The summed E-state index contributed by atoms with van der Waals surface area (Å²) in [5.74, 6) is -1.96. The molecule has 0 spiro atoms. The number of carbonyl (C=O) groups is 2. The predicted octanol–water partition coefficient (Wildman–Crippen LogP) is 1.09. The Hall–Kier alpha value is -1.20. The molecule has 0 aliphatic heterocycles. The summed E-state index contributed by atoms with van der Waals surface area (Å²) < 4.78 is 54.5. The quantitative estimate of drug-likeness (QED) is 0.319. The number of sulfone groups is 2. The zero-order valence-electron chi connectivity index (χ0n) is 20.2. The average Bonchev–Trinajstić information content (AvgIpc) is 3.71. The first-order chi connectivity index (χ1) is 16.3. The third kappa shape index (κ3) is 7.91. The second-order valence-electron chi connectivity index (χ2n) is 8.74. The number of carboxylic acids is 1. The summed E-state index contributed by atoms with van der Waals surface area (Å²) in [5.41, 5.74) is -1.89. The van der Waals surface area contributed by atoms with E-state index in [2.05, 4.69) is 36.6 Å². The molecule has 2 aromatic carbocycles. The van der Waals surface area contributed by atoms with Crippen LogP contribution in [0.25, 0.3) is 0 Å². The molecule has 4 rings (SSSR count). The molecule has 2 fully saturated rings. The Labute approximate surface area is 244 Å². The number of hydrogen-bond donors (Lipinski definition) is 1. The van der Waals surface area contributed by atoms with Gasteiger partial charge in [-0.05, 0) is 81.8 Å². The van der Waals surface area contributed by atoms with Gasteiger partial charge in [0.05, 0.1) is 39.2 Å². The summed E-state index contributed by atoms with van der Waals surface area (Å²) >= 11 is 6.39. The number of carboxylic acid groups (broad SMARTS) is 1. The molecule has 14 heteroatoms. The Kier molecular flexibility index (Phi) is 11.7. The minimum absolute atomic E-state index is 0. The number of ether oxygens (including phenoxy) is 1. The van der Waals surface area contributed by atoms with Crippen molar-refractivity contribution in [2.24, 2.45) is 10.8 Å². The van der Waals surface area contributed by atoms with Crippen molar-refractivity contribution in [1.29, 1.82) is 0 Å². The Morgan fingerprint density at radius 3 is 1.46 bits per heavy atom. The predicted molar refractivity (Wildman–Crippen MR) is 137 cm³/mol. The van der Waals surface area contributed by atoms with Crippen LogP contribution in [0.4, 0.5) is 0 Å². The molecule has 0 unspecified atom stereocenters. The first-order valence-electron chi connectivity index (χ1n) is 10.6. The molecule has 198 valence electrons. The normalized spacial score (nSPS) is 16.5. The molecule has 2 aliphatic rings. The number of carbonyl (C=O) groups excluding carboxylic acids is 1. The van der Waals surface area contributed by atoms with Crippen LogP contribution in [0.1, 0.15) is 25.7 Å². The monoisotopic (exact) mass is 674 g/mol. The summed E-state index contributed by atoms with van der Waals surface area (Å²) in [4.78, 5) is 23.0. The fraction of sp³-hybridized carbons (Fsp3) is 0.391. The molecular weight excluding hydrogens is 651 g/mol. The maximum Gasteiger partial charge on any atom is 1.00 e. The van der Waals surface area contributed by atoms with Gasteiger partial charge in [-0.2, -0.15) is 0 Å². The van der Waals surface area contributed by atoms with Crippen molar-refractivity contribution < 1.29 is 60.6 Å². The van der Waals surface area contributed by atoms with E-state index < -0.39 is 42.4 Å². The number of benzene rings is 2. The molecule has 2 N–H and O–H groups in total. The molecular formula is C23H25Br2LiO9S2. The second kappa shape index (κ2) is 12.8. The van der Waals surface area contributed by atoms with Crippen LogP contribution in [0, 0.1) is 10.8 Å². The third-order valence-corrected chi connectivity index (χ3v) is 11.9. The van der Waals surface area contributed by atoms with Gasteiger partial charge < -0.3 is 15.3 Å². The van der Waals surface area contributed by atoms with Gasteiger partial charge in [-0.15, -0.1) is 0 Å². The average molecular weight is 676 g/mol. The molecule has 0 bridgehead atoms. The summed E-state index contributed by atoms with van der Waals surface area (Å²) in [6.07, 6.45) is 2.02. The number of esters is 1. The Morgan fingerprint density at radius 1 is 0.811 bits per heavy atom. The van der Waals surface area contributed by atoms with Crippen molar-refractivity contribution >= 4 is 63.5 Å². The molecule has 0 atom stereocenters. The number of halogens is 2. The molecule has 0 amide bonds. The fourth-order valence-electron chi connectivity index (χ4n) is 3.62. The number of rotatable bonds is 8. The molecule has 2 saturated carbocycles. The maximum atomic E-state index is 12.3. The van der Waals surface area contributed by atoms with Gasteiger partial charge in [0.15, 0.2) is 19.7 Å². The number of aliphatic carboxylic acids is 1. The molecule has 2 aliphatic carbocycles. The van der Waals surface area contributed by atoms with Gasteiger partial charge in [0.1, 0.15) is 0 Å². The van der Waals surface area contributed by atoms with E-state index in [0.717, 1.165) is 0 Å². The van der Waals surface area contributed by atoms with E-state index >= 15 is 0 Å². The molecule has 0 heterocycles. The molecule has 0 radical (unpaired) electrons. The standard InChI is InChI=1S/C12H13BrO4S.C11H11BrO4S.Li.H2O/c1-17-11(14)12(6-7-12)8-18(15,16)10-5-3-2-4-9(10)13;12-8-3-1-2-4-9(8)17(15,16)7-11(5-6-11)10(13)14;;/h2-5H,6-8H2,1H3;1-4H,5-7H2,(H,13,14);;1H2/q;;+1;/p-1. The van der Waals surface area contributed by atoms with Crippen molar-refractivity contribution in [2.45, 2.75) is 35.5 Å². The molecule has 0 aromatic heterocycles. The van der Waals surface area contributed by atoms with Crippen LogP contribution in [0.3, 0.4) is 0 Å². The van der Waals surface area contributed by atoms with Gasteiger partial charge in [-0.3, -0.25) is 9.59 Å². The van der Waals surface area contributed by atoms with Crippen LogP contribution in [0.2, 0.25) is 0 Å². The topological polar surface area (TPSA) is 162 Å². The van der Waals surface area contributed by atoms with Crippen molar-refractivity contribution in [3.63, 3.8) is 0 Å². The minimum Gasteiger partial charge on any atom is -0.870 e. The zero-order chi connectivity index (χ0) is 26.1. The summed E-state index contributed by atoms with van der Waals surface area (Å²) in [6, 6.07) is 13.1. The van der Waals surface area contributed by atoms with Crippen LogP contribution in [-0.2, 0) is 34.0 Å². The van der Waals surface area contributed by atoms with E-state index in [4.69, 9.17) is 5.11 Å². The van der Waals surface area contributed by atoms with Crippen LogP contribution in [0.5, 0.6) is 0 Å². The fourth-order valence-corrected chi connectivity index (χ4v) is 9.56.